The van der Waals surface area contributed by atoms with E-state index in [4.69, 9.17) is 21.1 Å². The number of hydrogen-bond acceptors (Lipinski definition) is 8. The van der Waals surface area contributed by atoms with E-state index < -0.39 is 5.82 Å². The van der Waals surface area contributed by atoms with Gasteiger partial charge in [-0.25, -0.2) is 14.4 Å². The maximum absolute atomic E-state index is 13.6. The van der Waals surface area contributed by atoms with Crippen LogP contribution in [0.4, 0.5) is 15.9 Å². The number of nitrogens with zero attached hydrogens (tertiary/aromatic N) is 5. The lowest BCUT2D eigenvalue weighted by molar-refractivity contribution is -0.0533. The zero-order valence-corrected chi connectivity index (χ0v) is 22.8. The van der Waals surface area contributed by atoms with E-state index in [2.05, 4.69) is 25.1 Å². The zero-order chi connectivity index (χ0) is 26.6. The van der Waals surface area contributed by atoms with Gasteiger partial charge in [0.05, 0.1) is 17.7 Å². The first kappa shape index (κ1) is 27.1. The second-order valence-corrected chi connectivity index (χ2v) is 10.6. The van der Waals surface area contributed by atoms with Crippen molar-refractivity contribution in [3.05, 3.63) is 46.6 Å². The van der Waals surface area contributed by atoms with Gasteiger partial charge in [0.25, 0.3) is 5.91 Å². The van der Waals surface area contributed by atoms with Gasteiger partial charge in [0.1, 0.15) is 23.7 Å². The first-order chi connectivity index (χ1) is 18.4. The Morgan fingerprint density at radius 1 is 1.11 bits per heavy atom. The SMILES string of the molecule is COC1COCCC1NC1CCN(C(=O)c2ncnc(N3CCN(c4ccc(F)c(Cl)c4)CC3)c2C)CC1. The summed E-state index contributed by atoms with van der Waals surface area (Å²) in [5.74, 6) is 0.342. The normalized spacial score (nSPS) is 23.1. The van der Waals surface area contributed by atoms with Crippen molar-refractivity contribution >= 4 is 29.0 Å². The molecule has 3 fully saturated rings. The van der Waals surface area contributed by atoms with Gasteiger partial charge in [0, 0.05) is 76.3 Å². The Kier molecular flexibility index (Phi) is 8.62. The van der Waals surface area contributed by atoms with Crippen LogP contribution in [0.15, 0.2) is 24.5 Å². The van der Waals surface area contributed by atoms with E-state index in [0.717, 1.165) is 69.1 Å². The Balaban J connectivity index is 1.17. The van der Waals surface area contributed by atoms with Crippen molar-refractivity contribution in [1.82, 2.24) is 20.2 Å². The maximum atomic E-state index is 13.6. The molecule has 2 aromatic rings. The number of hydrogen-bond donors (Lipinski definition) is 1. The molecule has 0 spiro atoms. The number of ether oxygens (including phenoxy) is 2. The lowest BCUT2D eigenvalue weighted by Crippen LogP contribution is -2.54. The van der Waals surface area contributed by atoms with Gasteiger partial charge in [-0.05, 0) is 44.4 Å². The molecule has 0 bridgehead atoms. The van der Waals surface area contributed by atoms with Crippen molar-refractivity contribution < 1.29 is 18.7 Å². The highest BCUT2D eigenvalue weighted by atomic mass is 35.5. The molecule has 9 nitrogen and oxygen atoms in total. The Morgan fingerprint density at radius 2 is 1.84 bits per heavy atom. The van der Waals surface area contributed by atoms with Gasteiger partial charge in [0.15, 0.2) is 0 Å². The Hall–Kier alpha value is -2.53. The van der Waals surface area contributed by atoms with E-state index in [1.165, 1.54) is 12.4 Å². The first-order valence-electron chi connectivity index (χ1n) is 13.4. The van der Waals surface area contributed by atoms with Gasteiger partial charge in [-0.1, -0.05) is 11.6 Å². The van der Waals surface area contributed by atoms with Crippen LogP contribution in [0.1, 0.15) is 35.3 Å². The smallest absolute Gasteiger partial charge is 0.272 e. The molecular formula is C27H36ClFN6O3. The summed E-state index contributed by atoms with van der Waals surface area (Å²) in [7, 11) is 1.73. The van der Waals surface area contributed by atoms with Crippen LogP contribution in [-0.2, 0) is 9.47 Å². The van der Waals surface area contributed by atoms with Crippen LogP contribution >= 0.6 is 11.6 Å². The fraction of sp³-hybridized carbons (Fsp3) is 0.593. The van der Waals surface area contributed by atoms with Gasteiger partial charge in [0.2, 0.25) is 0 Å². The molecule has 1 N–H and O–H groups in total. The highest BCUT2D eigenvalue weighted by Crippen LogP contribution is 2.27. The molecular weight excluding hydrogens is 511 g/mol. The molecule has 3 saturated heterocycles. The Morgan fingerprint density at radius 3 is 2.55 bits per heavy atom. The van der Waals surface area contributed by atoms with Crippen LogP contribution in [0.2, 0.25) is 5.02 Å². The largest absolute Gasteiger partial charge is 0.379 e. The predicted molar refractivity (Wildman–Crippen MR) is 145 cm³/mol. The van der Waals surface area contributed by atoms with Crippen molar-refractivity contribution in [3.8, 4) is 0 Å². The number of nitrogens with one attached hydrogen (secondary N) is 1. The molecule has 0 radical (unpaired) electrons. The molecule has 0 aliphatic carbocycles. The molecule has 11 heteroatoms. The van der Waals surface area contributed by atoms with Crippen molar-refractivity contribution in [1.29, 1.82) is 0 Å². The lowest BCUT2D eigenvalue weighted by Gasteiger charge is -2.38. The van der Waals surface area contributed by atoms with Crippen LogP contribution in [-0.4, -0.2) is 98.6 Å². The molecule has 2 atom stereocenters. The van der Waals surface area contributed by atoms with Crippen molar-refractivity contribution in [2.75, 3.05) is 69.4 Å². The molecule has 0 saturated carbocycles. The molecule has 3 aliphatic heterocycles. The maximum Gasteiger partial charge on any atom is 0.272 e. The standard InChI is InChI=1S/C27H36ClFN6O3/c1-18-25(27(36)35-8-5-19(6-9-35)32-23-7-14-38-16-24(23)37-2)30-17-31-26(18)34-12-10-33(11-13-34)20-3-4-22(29)21(28)15-20/h3-4,15,17,19,23-24,32H,5-14,16H2,1-2H3. The summed E-state index contributed by atoms with van der Waals surface area (Å²) in [5, 5.41) is 3.86. The van der Waals surface area contributed by atoms with Crippen LogP contribution in [0.25, 0.3) is 0 Å². The first-order valence-corrected chi connectivity index (χ1v) is 13.7. The highest BCUT2D eigenvalue weighted by molar-refractivity contribution is 6.31. The van der Waals surface area contributed by atoms with Gasteiger partial charge in [-0.15, -0.1) is 0 Å². The Labute approximate surface area is 228 Å². The van der Waals surface area contributed by atoms with Crippen molar-refractivity contribution in [3.63, 3.8) is 0 Å². The Bertz CT molecular complexity index is 1120. The summed E-state index contributed by atoms with van der Waals surface area (Å²) in [6, 6.07) is 5.46. The lowest BCUT2D eigenvalue weighted by atomic mass is 9.99. The van der Waals surface area contributed by atoms with E-state index >= 15 is 0 Å². The second-order valence-electron chi connectivity index (χ2n) is 10.2. The molecule has 38 heavy (non-hydrogen) atoms. The van der Waals surface area contributed by atoms with Crippen molar-refractivity contribution in [2.24, 2.45) is 0 Å². The number of anilines is 2. The molecule has 2 unspecified atom stereocenters. The molecule has 5 rings (SSSR count). The number of piperidine rings is 1. The minimum atomic E-state index is -0.414. The average molecular weight is 547 g/mol. The van der Waals surface area contributed by atoms with Crippen LogP contribution in [0, 0.1) is 12.7 Å². The summed E-state index contributed by atoms with van der Waals surface area (Å²) in [6.45, 7) is 7.62. The zero-order valence-electron chi connectivity index (χ0n) is 22.0. The van der Waals surface area contributed by atoms with E-state index in [1.54, 1.807) is 19.2 Å². The molecule has 206 valence electrons. The minimum Gasteiger partial charge on any atom is -0.379 e. The quantitative estimate of drug-likeness (QED) is 0.592. The summed E-state index contributed by atoms with van der Waals surface area (Å²) in [5.41, 5.74) is 2.18. The van der Waals surface area contributed by atoms with Crippen LogP contribution < -0.4 is 15.1 Å². The number of methoxy groups -OCH3 is 1. The number of benzene rings is 1. The predicted octanol–water partition coefficient (Wildman–Crippen LogP) is 2.90. The third-order valence-corrected chi connectivity index (χ3v) is 8.24. The number of aromatic nitrogens is 2. The van der Waals surface area contributed by atoms with Gasteiger partial charge in [-0.3, -0.25) is 4.79 Å². The number of halogens is 2. The van der Waals surface area contributed by atoms with Crippen LogP contribution in [0.5, 0.6) is 0 Å². The van der Waals surface area contributed by atoms with Crippen LogP contribution in [0.3, 0.4) is 0 Å². The monoisotopic (exact) mass is 546 g/mol. The summed E-state index contributed by atoms with van der Waals surface area (Å²) < 4.78 is 24.7. The molecule has 1 aromatic heterocycles. The number of amides is 1. The fourth-order valence-electron chi connectivity index (χ4n) is 5.67. The van der Waals surface area contributed by atoms with Crippen molar-refractivity contribution in [2.45, 2.75) is 44.4 Å². The number of likely N-dealkylation sites (tertiary alicyclic amines) is 1. The van der Waals surface area contributed by atoms with E-state index in [-0.39, 0.29) is 23.1 Å². The van der Waals surface area contributed by atoms with E-state index in [1.807, 2.05) is 11.8 Å². The summed E-state index contributed by atoms with van der Waals surface area (Å²) >= 11 is 5.98. The van der Waals surface area contributed by atoms with Gasteiger partial charge < -0.3 is 29.5 Å². The number of piperazine rings is 1. The molecule has 3 aliphatic rings. The topological polar surface area (TPSA) is 83.1 Å². The molecule has 1 aromatic carbocycles. The number of carbonyl (C=O) groups excluding carboxylic acids is 1. The third kappa shape index (κ3) is 5.88. The molecule has 1 amide bonds. The minimum absolute atomic E-state index is 0.0370. The third-order valence-electron chi connectivity index (χ3n) is 7.95. The van der Waals surface area contributed by atoms with E-state index in [9.17, 15) is 9.18 Å². The van der Waals surface area contributed by atoms with Gasteiger partial charge in [-0.2, -0.15) is 0 Å². The average Bonchev–Trinajstić information content (AvgIpc) is 2.95. The molecule has 4 heterocycles. The summed E-state index contributed by atoms with van der Waals surface area (Å²) in [4.78, 5) is 28.6. The highest BCUT2D eigenvalue weighted by Gasteiger charge is 2.31. The number of rotatable bonds is 6. The number of carbonyl (C=O) groups is 1. The second kappa shape index (κ2) is 12.1. The summed E-state index contributed by atoms with van der Waals surface area (Å²) in [6.07, 6.45) is 4.29. The van der Waals surface area contributed by atoms with Gasteiger partial charge >= 0.3 is 0 Å². The fourth-order valence-corrected chi connectivity index (χ4v) is 5.84. The van der Waals surface area contributed by atoms with E-state index in [0.29, 0.717) is 31.4 Å².